The first kappa shape index (κ1) is 11.3. The van der Waals surface area contributed by atoms with E-state index in [1.807, 2.05) is 6.07 Å². The Morgan fingerprint density at radius 3 is 2.89 bits per heavy atom. The van der Waals surface area contributed by atoms with E-state index in [9.17, 15) is 0 Å². The molecule has 19 heavy (non-hydrogen) atoms. The Morgan fingerprint density at radius 1 is 1.21 bits per heavy atom. The molecule has 6 nitrogen and oxygen atoms in total. The molecule has 0 N–H and O–H groups in total. The summed E-state index contributed by atoms with van der Waals surface area (Å²) in [7, 11) is 0. The minimum Gasteiger partial charge on any atom is -0.454 e. The van der Waals surface area contributed by atoms with Crippen LogP contribution in [-0.4, -0.2) is 16.8 Å². The Balaban J connectivity index is 1.89. The molecule has 0 unspecified atom stereocenters. The lowest BCUT2D eigenvalue weighted by Crippen LogP contribution is -1.96. The molecule has 0 fully saturated rings. The molecular formula is C13H9N3O3. The second kappa shape index (κ2) is 4.46. The van der Waals surface area contributed by atoms with Crippen molar-refractivity contribution >= 4 is 0 Å². The minimum absolute atomic E-state index is 0.135. The summed E-state index contributed by atoms with van der Waals surface area (Å²) < 4.78 is 16.0. The number of benzene rings is 1. The van der Waals surface area contributed by atoms with Gasteiger partial charge in [-0.25, -0.2) is 4.98 Å². The predicted molar refractivity (Wildman–Crippen MR) is 64.1 cm³/mol. The number of hydrogen-bond acceptors (Lipinski definition) is 6. The van der Waals surface area contributed by atoms with Crippen molar-refractivity contribution in [2.45, 2.75) is 6.92 Å². The van der Waals surface area contributed by atoms with Gasteiger partial charge in [0, 0.05) is 11.8 Å². The van der Waals surface area contributed by atoms with Gasteiger partial charge < -0.3 is 14.2 Å². The van der Waals surface area contributed by atoms with Gasteiger partial charge in [0.15, 0.2) is 11.5 Å². The van der Waals surface area contributed by atoms with Gasteiger partial charge in [-0.3, -0.25) is 0 Å². The normalized spacial score (nSPS) is 12.0. The van der Waals surface area contributed by atoms with Crippen LogP contribution in [-0.2, 0) is 0 Å². The lowest BCUT2D eigenvalue weighted by atomic mass is 10.3. The van der Waals surface area contributed by atoms with Crippen molar-refractivity contribution in [1.29, 1.82) is 5.26 Å². The fraction of sp³-hybridized carbons (Fsp3) is 0.154. The van der Waals surface area contributed by atoms with Gasteiger partial charge in [0.05, 0.1) is 0 Å². The molecule has 0 amide bonds. The summed E-state index contributed by atoms with van der Waals surface area (Å²) in [5, 5.41) is 8.85. The van der Waals surface area contributed by atoms with Crippen molar-refractivity contribution in [3.63, 3.8) is 0 Å². The number of fused-ring (bicyclic) bond motifs is 1. The van der Waals surface area contributed by atoms with E-state index in [2.05, 4.69) is 9.97 Å². The van der Waals surface area contributed by atoms with E-state index < -0.39 is 0 Å². The van der Waals surface area contributed by atoms with Gasteiger partial charge in [-0.2, -0.15) is 10.2 Å². The molecular weight excluding hydrogens is 246 g/mol. The fourth-order valence-corrected chi connectivity index (χ4v) is 1.69. The molecule has 3 rings (SSSR count). The Bertz CT molecular complexity index is 679. The summed E-state index contributed by atoms with van der Waals surface area (Å²) in [6.07, 6.45) is 0. The maximum Gasteiger partial charge on any atom is 0.323 e. The first-order chi connectivity index (χ1) is 9.24. The Labute approximate surface area is 109 Å². The molecule has 0 bridgehead atoms. The number of rotatable bonds is 2. The van der Waals surface area contributed by atoms with Gasteiger partial charge in [0.25, 0.3) is 0 Å². The van der Waals surface area contributed by atoms with Gasteiger partial charge in [-0.1, -0.05) is 0 Å². The molecule has 0 atom stereocenters. The largest absolute Gasteiger partial charge is 0.454 e. The van der Waals surface area contributed by atoms with E-state index >= 15 is 0 Å². The molecule has 94 valence electrons. The van der Waals surface area contributed by atoms with Crippen LogP contribution in [0, 0.1) is 18.3 Å². The molecule has 1 aromatic heterocycles. The van der Waals surface area contributed by atoms with E-state index in [0.717, 1.165) is 0 Å². The molecule has 0 saturated heterocycles. The fourth-order valence-electron chi connectivity index (χ4n) is 1.69. The van der Waals surface area contributed by atoms with Gasteiger partial charge in [-0.15, -0.1) is 0 Å². The maximum absolute atomic E-state index is 8.85. The SMILES string of the molecule is Cc1cc(C#N)nc(Oc2ccc3c(c2)OCO3)n1. The number of ether oxygens (including phenoxy) is 3. The zero-order valence-corrected chi connectivity index (χ0v) is 10.1. The van der Waals surface area contributed by atoms with Crippen LogP contribution >= 0.6 is 0 Å². The Hall–Kier alpha value is -2.81. The highest BCUT2D eigenvalue weighted by Crippen LogP contribution is 2.36. The van der Waals surface area contributed by atoms with Crippen LogP contribution in [0.1, 0.15) is 11.4 Å². The van der Waals surface area contributed by atoms with Crippen LogP contribution in [0.5, 0.6) is 23.3 Å². The van der Waals surface area contributed by atoms with Gasteiger partial charge in [0.2, 0.25) is 6.79 Å². The lowest BCUT2D eigenvalue weighted by Gasteiger charge is -2.05. The summed E-state index contributed by atoms with van der Waals surface area (Å²) in [4.78, 5) is 8.09. The number of hydrogen-bond donors (Lipinski definition) is 0. The smallest absolute Gasteiger partial charge is 0.323 e. The van der Waals surface area contributed by atoms with Crippen LogP contribution in [0.2, 0.25) is 0 Å². The molecule has 0 spiro atoms. The summed E-state index contributed by atoms with van der Waals surface area (Å²) in [6, 6.07) is 8.85. The van der Waals surface area contributed by atoms with E-state index in [1.54, 1.807) is 31.2 Å². The van der Waals surface area contributed by atoms with Crippen molar-refractivity contribution in [2.24, 2.45) is 0 Å². The summed E-state index contributed by atoms with van der Waals surface area (Å²) in [6.45, 7) is 1.98. The monoisotopic (exact) mass is 255 g/mol. The van der Waals surface area contributed by atoms with Crippen LogP contribution in [0.15, 0.2) is 24.3 Å². The van der Waals surface area contributed by atoms with E-state index in [1.165, 1.54) is 0 Å². The second-order valence-corrected chi connectivity index (χ2v) is 3.91. The first-order valence-corrected chi connectivity index (χ1v) is 5.58. The quantitative estimate of drug-likeness (QED) is 0.818. The molecule has 1 aliphatic rings. The van der Waals surface area contributed by atoms with E-state index in [-0.39, 0.29) is 18.5 Å². The summed E-state index contributed by atoms with van der Waals surface area (Å²) in [5.41, 5.74) is 0.936. The van der Waals surface area contributed by atoms with Crippen molar-refractivity contribution in [3.05, 3.63) is 35.7 Å². The average molecular weight is 255 g/mol. The standard InChI is InChI=1S/C13H9N3O3/c1-8-4-9(6-14)16-13(15-8)19-10-2-3-11-12(5-10)18-7-17-11/h2-5H,7H2,1H3. The Morgan fingerprint density at radius 2 is 2.05 bits per heavy atom. The molecule has 0 saturated carbocycles. The number of nitriles is 1. The van der Waals surface area contributed by atoms with E-state index in [0.29, 0.717) is 22.9 Å². The van der Waals surface area contributed by atoms with Crippen LogP contribution in [0.4, 0.5) is 0 Å². The van der Waals surface area contributed by atoms with Crippen molar-refractivity contribution in [1.82, 2.24) is 9.97 Å². The average Bonchev–Trinajstić information content (AvgIpc) is 2.85. The zero-order chi connectivity index (χ0) is 13.2. The van der Waals surface area contributed by atoms with Crippen molar-refractivity contribution in [3.8, 4) is 29.3 Å². The number of nitrogens with zero attached hydrogens (tertiary/aromatic N) is 3. The van der Waals surface area contributed by atoms with Crippen molar-refractivity contribution in [2.75, 3.05) is 6.79 Å². The molecule has 6 heteroatoms. The summed E-state index contributed by atoms with van der Waals surface area (Å²) >= 11 is 0. The summed E-state index contributed by atoms with van der Waals surface area (Å²) in [5.74, 6) is 1.82. The highest BCUT2D eigenvalue weighted by molar-refractivity contribution is 5.47. The number of aryl methyl sites for hydroxylation is 1. The molecule has 2 aromatic rings. The zero-order valence-electron chi connectivity index (χ0n) is 10.1. The molecule has 0 aliphatic carbocycles. The highest BCUT2D eigenvalue weighted by Gasteiger charge is 2.14. The molecule has 1 aliphatic heterocycles. The maximum atomic E-state index is 8.85. The Kier molecular flexibility index (Phi) is 2.65. The second-order valence-electron chi connectivity index (χ2n) is 3.91. The van der Waals surface area contributed by atoms with Crippen molar-refractivity contribution < 1.29 is 14.2 Å². The first-order valence-electron chi connectivity index (χ1n) is 5.58. The highest BCUT2D eigenvalue weighted by atomic mass is 16.7. The van der Waals surface area contributed by atoms with Gasteiger partial charge in [0.1, 0.15) is 17.5 Å². The van der Waals surface area contributed by atoms with Crippen LogP contribution < -0.4 is 14.2 Å². The predicted octanol–water partition coefficient (Wildman–Crippen LogP) is 2.18. The topological polar surface area (TPSA) is 77.3 Å². The minimum atomic E-state index is 0.135. The van der Waals surface area contributed by atoms with Crippen LogP contribution in [0.3, 0.4) is 0 Å². The molecule has 1 aromatic carbocycles. The third kappa shape index (κ3) is 2.26. The van der Waals surface area contributed by atoms with Crippen LogP contribution in [0.25, 0.3) is 0 Å². The molecule has 2 heterocycles. The third-order valence-corrected chi connectivity index (χ3v) is 2.50. The number of aromatic nitrogens is 2. The van der Waals surface area contributed by atoms with E-state index in [4.69, 9.17) is 19.5 Å². The third-order valence-electron chi connectivity index (χ3n) is 2.50. The lowest BCUT2D eigenvalue weighted by molar-refractivity contribution is 0.174. The van der Waals surface area contributed by atoms with Gasteiger partial charge in [-0.05, 0) is 25.1 Å². The molecule has 0 radical (unpaired) electrons. The van der Waals surface area contributed by atoms with Gasteiger partial charge >= 0.3 is 6.01 Å².